The van der Waals surface area contributed by atoms with E-state index in [0.717, 1.165) is 19.1 Å². The first-order valence-corrected chi connectivity index (χ1v) is 7.87. The minimum absolute atomic E-state index is 0.323. The molecule has 1 aromatic heterocycles. The van der Waals surface area contributed by atoms with Crippen LogP contribution in [0.15, 0.2) is 6.20 Å². The normalized spacial score (nSPS) is 26.4. The Balaban J connectivity index is 1.80. The van der Waals surface area contributed by atoms with Gasteiger partial charge in [-0.2, -0.15) is 5.10 Å². The highest BCUT2D eigenvalue weighted by Crippen LogP contribution is 2.28. The van der Waals surface area contributed by atoms with E-state index < -0.39 is 0 Å². The molecular weight excluding hydrogens is 250 g/mol. The van der Waals surface area contributed by atoms with Crippen molar-refractivity contribution < 1.29 is 0 Å². The molecule has 0 saturated carbocycles. The number of aryl methyl sites for hydroxylation is 1. The fourth-order valence-electron chi connectivity index (χ4n) is 3.83. The molecule has 0 bridgehead atoms. The Kier molecular flexibility index (Phi) is 4.10. The molecule has 1 aromatic rings. The number of hydrogen-bond acceptors (Lipinski definition) is 4. The first kappa shape index (κ1) is 14.0. The van der Waals surface area contributed by atoms with Crippen molar-refractivity contribution in [1.82, 2.24) is 19.6 Å². The van der Waals surface area contributed by atoms with Gasteiger partial charge in [0.1, 0.15) is 0 Å². The van der Waals surface area contributed by atoms with Crippen molar-refractivity contribution in [2.24, 2.45) is 12.8 Å². The number of aromatic nitrogens is 2. The Morgan fingerprint density at radius 1 is 1.35 bits per heavy atom. The molecule has 2 aliphatic rings. The first-order valence-electron chi connectivity index (χ1n) is 7.87. The van der Waals surface area contributed by atoms with Crippen molar-refractivity contribution in [3.63, 3.8) is 0 Å². The third-order valence-electron chi connectivity index (χ3n) is 5.13. The van der Waals surface area contributed by atoms with Crippen molar-refractivity contribution in [3.05, 3.63) is 17.5 Å². The Morgan fingerprint density at radius 2 is 2.15 bits per heavy atom. The van der Waals surface area contributed by atoms with Crippen molar-refractivity contribution in [2.75, 3.05) is 32.7 Å². The van der Waals surface area contributed by atoms with Crippen LogP contribution in [0.4, 0.5) is 0 Å². The second-order valence-corrected chi connectivity index (χ2v) is 6.24. The van der Waals surface area contributed by atoms with E-state index in [4.69, 9.17) is 5.73 Å². The van der Waals surface area contributed by atoms with Crippen LogP contribution in [-0.2, 0) is 7.05 Å². The van der Waals surface area contributed by atoms with Gasteiger partial charge >= 0.3 is 0 Å². The molecule has 5 heteroatoms. The topological polar surface area (TPSA) is 50.3 Å². The van der Waals surface area contributed by atoms with Crippen LogP contribution in [0.1, 0.15) is 36.6 Å². The molecule has 2 atom stereocenters. The summed E-state index contributed by atoms with van der Waals surface area (Å²) in [4.78, 5) is 5.27. The molecule has 20 heavy (non-hydrogen) atoms. The van der Waals surface area contributed by atoms with Crippen LogP contribution in [-0.4, -0.2) is 58.3 Å². The zero-order chi connectivity index (χ0) is 14.1. The van der Waals surface area contributed by atoms with Crippen molar-refractivity contribution in [3.8, 4) is 0 Å². The number of fused-ring (bicyclic) bond motifs is 1. The molecule has 3 rings (SSSR count). The van der Waals surface area contributed by atoms with Gasteiger partial charge in [0.25, 0.3) is 0 Å². The summed E-state index contributed by atoms with van der Waals surface area (Å²) >= 11 is 0. The van der Waals surface area contributed by atoms with Crippen molar-refractivity contribution in [2.45, 2.75) is 38.3 Å². The monoisotopic (exact) mass is 277 g/mol. The van der Waals surface area contributed by atoms with Gasteiger partial charge < -0.3 is 5.73 Å². The molecule has 3 heterocycles. The maximum Gasteiger partial charge on any atom is 0.0540 e. The van der Waals surface area contributed by atoms with E-state index in [1.807, 2.05) is 17.9 Å². The van der Waals surface area contributed by atoms with E-state index in [1.165, 1.54) is 43.6 Å². The Labute approximate surface area is 121 Å². The van der Waals surface area contributed by atoms with Crippen molar-refractivity contribution >= 4 is 0 Å². The first-order chi connectivity index (χ1) is 9.70. The lowest BCUT2D eigenvalue weighted by Crippen LogP contribution is -2.40. The number of nitrogens with two attached hydrogens (primary N) is 1. The molecule has 0 aromatic carbocycles. The predicted molar refractivity (Wildman–Crippen MR) is 80.5 cm³/mol. The third kappa shape index (κ3) is 2.50. The molecule has 2 unspecified atom stereocenters. The minimum Gasteiger partial charge on any atom is -0.329 e. The lowest BCUT2D eigenvalue weighted by atomic mass is 10.1. The Bertz CT molecular complexity index is 455. The largest absolute Gasteiger partial charge is 0.329 e. The minimum atomic E-state index is 0.323. The summed E-state index contributed by atoms with van der Waals surface area (Å²) in [6.45, 7) is 7.69. The predicted octanol–water partition coefficient (Wildman–Crippen LogP) is 0.898. The van der Waals surface area contributed by atoms with E-state index in [-0.39, 0.29) is 0 Å². The second-order valence-electron chi connectivity index (χ2n) is 6.24. The summed E-state index contributed by atoms with van der Waals surface area (Å²) in [6.07, 6.45) is 5.97. The molecule has 5 nitrogen and oxygen atoms in total. The van der Waals surface area contributed by atoms with Gasteiger partial charge in [0.15, 0.2) is 0 Å². The number of hydrogen-bond donors (Lipinski definition) is 1. The lowest BCUT2D eigenvalue weighted by molar-refractivity contribution is 0.175. The fourth-order valence-corrected chi connectivity index (χ4v) is 3.83. The van der Waals surface area contributed by atoms with Gasteiger partial charge in [-0.15, -0.1) is 0 Å². The van der Waals surface area contributed by atoms with Gasteiger partial charge in [-0.3, -0.25) is 14.5 Å². The van der Waals surface area contributed by atoms with Crippen LogP contribution in [0.3, 0.4) is 0 Å². The summed E-state index contributed by atoms with van der Waals surface area (Å²) < 4.78 is 1.96. The summed E-state index contributed by atoms with van der Waals surface area (Å²) in [6, 6.07) is 1.06. The van der Waals surface area contributed by atoms with E-state index in [2.05, 4.69) is 21.8 Å². The molecule has 2 aliphatic heterocycles. The maximum absolute atomic E-state index is 6.11. The summed E-state index contributed by atoms with van der Waals surface area (Å²) in [5.41, 5.74) is 8.66. The molecule has 112 valence electrons. The zero-order valence-corrected chi connectivity index (χ0v) is 12.8. The van der Waals surface area contributed by atoms with Crippen LogP contribution in [0.5, 0.6) is 0 Å². The molecule has 0 amide bonds. The van der Waals surface area contributed by atoms with Gasteiger partial charge in [0.05, 0.1) is 12.2 Å². The van der Waals surface area contributed by atoms with Gasteiger partial charge in [0.2, 0.25) is 0 Å². The zero-order valence-electron chi connectivity index (χ0n) is 12.8. The van der Waals surface area contributed by atoms with Gasteiger partial charge in [-0.05, 0) is 39.3 Å². The van der Waals surface area contributed by atoms with Crippen LogP contribution < -0.4 is 5.73 Å². The highest BCUT2D eigenvalue weighted by molar-refractivity contribution is 5.21. The van der Waals surface area contributed by atoms with Gasteiger partial charge in [-0.1, -0.05) is 0 Å². The van der Waals surface area contributed by atoms with Gasteiger partial charge in [0, 0.05) is 44.0 Å². The summed E-state index contributed by atoms with van der Waals surface area (Å²) in [5.74, 6) is 0. The molecule has 2 fully saturated rings. The second kappa shape index (κ2) is 5.84. The smallest absolute Gasteiger partial charge is 0.0540 e. The molecule has 2 N–H and O–H groups in total. The summed E-state index contributed by atoms with van der Waals surface area (Å²) in [7, 11) is 2.01. The van der Waals surface area contributed by atoms with Crippen LogP contribution in [0, 0.1) is 6.92 Å². The average molecular weight is 277 g/mol. The SMILES string of the molecule is Cc1c(C(CN)N2CCCN3CCCC3C2)cnn1C. The van der Waals surface area contributed by atoms with Crippen molar-refractivity contribution in [1.29, 1.82) is 0 Å². The summed E-state index contributed by atoms with van der Waals surface area (Å²) in [5, 5.41) is 4.39. The molecular formula is C15H27N5. The molecule has 0 radical (unpaired) electrons. The lowest BCUT2D eigenvalue weighted by Gasteiger charge is -2.32. The van der Waals surface area contributed by atoms with E-state index >= 15 is 0 Å². The average Bonchev–Trinajstić information content (AvgIpc) is 2.95. The van der Waals surface area contributed by atoms with Crippen LogP contribution in [0.25, 0.3) is 0 Å². The molecule has 0 spiro atoms. The van der Waals surface area contributed by atoms with E-state index in [9.17, 15) is 0 Å². The molecule has 2 saturated heterocycles. The van der Waals surface area contributed by atoms with Crippen LogP contribution in [0.2, 0.25) is 0 Å². The van der Waals surface area contributed by atoms with Crippen LogP contribution >= 0.6 is 0 Å². The number of nitrogens with zero attached hydrogens (tertiary/aromatic N) is 4. The van der Waals surface area contributed by atoms with E-state index in [1.54, 1.807) is 0 Å². The highest BCUT2D eigenvalue weighted by Gasteiger charge is 2.32. The maximum atomic E-state index is 6.11. The van der Waals surface area contributed by atoms with E-state index in [0.29, 0.717) is 12.6 Å². The Hall–Kier alpha value is -0.910. The standard InChI is InChI=1S/C15H27N5/c1-12-14(10-17-18(12)2)15(9-16)20-8-4-7-19-6-3-5-13(19)11-20/h10,13,15H,3-9,11,16H2,1-2H3. The molecule has 0 aliphatic carbocycles. The highest BCUT2D eigenvalue weighted by atomic mass is 15.3. The fraction of sp³-hybridized carbons (Fsp3) is 0.800. The third-order valence-corrected chi connectivity index (χ3v) is 5.13. The number of rotatable bonds is 3. The Morgan fingerprint density at radius 3 is 2.85 bits per heavy atom. The quantitative estimate of drug-likeness (QED) is 0.892. The van der Waals surface area contributed by atoms with Gasteiger partial charge in [-0.25, -0.2) is 0 Å².